The van der Waals surface area contributed by atoms with Crippen LogP contribution in [0.2, 0.25) is 0 Å². The van der Waals surface area contributed by atoms with Gasteiger partial charge in [-0.3, -0.25) is 4.79 Å². The first kappa shape index (κ1) is 19.8. The molecule has 2 saturated heterocycles. The molecule has 2 N–H and O–H groups in total. The van der Waals surface area contributed by atoms with Crippen LogP contribution in [0.15, 0.2) is 30.3 Å². The first-order chi connectivity index (χ1) is 12.8. The van der Waals surface area contributed by atoms with E-state index < -0.39 is 28.2 Å². The SMILES string of the molecule is O=C(NC1CCN(S(=O)(=O)Cc2ccccc2)CC1)[C@@H]1CC[C@H](C(=O)O)O1. The van der Waals surface area contributed by atoms with E-state index in [4.69, 9.17) is 9.84 Å². The number of aliphatic carboxylic acids is 1. The van der Waals surface area contributed by atoms with Crippen molar-refractivity contribution in [3.8, 4) is 0 Å². The van der Waals surface area contributed by atoms with Crippen molar-refractivity contribution in [2.24, 2.45) is 0 Å². The third-order valence-corrected chi connectivity index (χ3v) is 6.82. The van der Waals surface area contributed by atoms with E-state index in [1.54, 1.807) is 12.1 Å². The van der Waals surface area contributed by atoms with Gasteiger partial charge in [0.05, 0.1) is 5.75 Å². The Balaban J connectivity index is 1.47. The fraction of sp³-hybridized carbons (Fsp3) is 0.556. The number of amides is 1. The number of piperidine rings is 1. The Labute approximate surface area is 158 Å². The second-order valence-corrected chi connectivity index (χ2v) is 8.92. The summed E-state index contributed by atoms with van der Waals surface area (Å²) in [6.45, 7) is 0.701. The molecule has 0 spiro atoms. The summed E-state index contributed by atoms with van der Waals surface area (Å²) in [4.78, 5) is 23.1. The van der Waals surface area contributed by atoms with E-state index in [0.29, 0.717) is 38.8 Å². The third-order valence-electron chi connectivity index (χ3n) is 4.97. The smallest absolute Gasteiger partial charge is 0.332 e. The van der Waals surface area contributed by atoms with Crippen molar-refractivity contribution in [2.45, 2.75) is 49.7 Å². The number of carboxylic acid groups (broad SMARTS) is 1. The normalized spacial score (nSPS) is 24.6. The van der Waals surface area contributed by atoms with Crippen molar-refractivity contribution in [1.29, 1.82) is 0 Å². The van der Waals surface area contributed by atoms with E-state index in [0.717, 1.165) is 5.56 Å². The van der Waals surface area contributed by atoms with Gasteiger partial charge >= 0.3 is 5.97 Å². The Morgan fingerprint density at radius 1 is 1.07 bits per heavy atom. The van der Waals surface area contributed by atoms with Gasteiger partial charge in [-0.25, -0.2) is 17.5 Å². The van der Waals surface area contributed by atoms with Gasteiger partial charge in [0, 0.05) is 19.1 Å². The average Bonchev–Trinajstić information content (AvgIpc) is 3.13. The maximum atomic E-state index is 12.6. The van der Waals surface area contributed by atoms with Crippen molar-refractivity contribution >= 4 is 21.9 Å². The fourth-order valence-electron chi connectivity index (χ4n) is 3.46. The Hall–Kier alpha value is -1.97. The Bertz CT molecular complexity index is 774. The molecular formula is C18H24N2O6S. The number of nitrogens with one attached hydrogen (secondary N) is 1. The lowest BCUT2D eigenvalue weighted by Crippen LogP contribution is -2.49. The van der Waals surface area contributed by atoms with Crippen LogP contribution in [0.3, 0.4) is 0 Å². The van der Waals surface area contributed by atoms with E-state index >= 15 is 0 Å². The third kappa shape index (κ3) is 5.06. The quantitative estimate of drug-likeness (QED) is 0.733. The zero-order chi connectivity index (χ0) is 19.4. The van der Waals surface area contributed by atoms with Crippen molar-refractivity contribution in [2.75, 3.05) is 13.1 Å². The second kappa shape index (κ2) is 8.37. The zero-order valence-corrected chi connectivity index (χ0v) is 15.7. The molecule has 3 rings (SSSR count). The summed E-state index contributed by atoms with van der Waals surface area (Å²) in [7, 11) is -3.39. The van der Waals surface area contributed by atoms with Gasteiger partial charge in [-0.15, -0.1) is 0 Å². The highest BCUT2D eigenvalue weighted by molar-refractivity contribution is 7.88. The van der Waals surface area contributed by atoms with Crippen molar-refractivity contribution in [1.82, 2.24) is 9.62 Å². The maximum absolute atomic E-state index is 12.6. The maximum Gasteiger partial charge on any atom is 0.332 e. The van der Waals surface area contributed by atoms with Gasteiger partial charge in [-0.05, 0) is 31.2 Å². The molecule has 2 fully saturated rings. The molecule has 1 amide bonds. The summed E-state index contributed by atoms with van der Waals surface area (Å²) < 4.78 is 31.8. The highest BCUT2D eigenvalue weighted by Gasteiger charge is 2.36. The van der Waals surface area contributed by atoms with E-state index in [9.17, 15) is 18.0 Å². The van der Waals surface area contributed by atoms with Gasteiger partial charge in [0.1, 0.15) is 6.10 Å². The standard InChI is InChI=1S/C18H24N2O6S/c21-17(15-6-7-16(26-15)18(22)23)19-14-8-10-20(11-9-14)27(24,25)12-13-4-2-1-3-5-13/h1-5,14-16H,6-12H2,(H,19,21)(H,22,23)/t15-,16+/m0/s1. The van der Waals surface area contributed by atoms with E-state index in [-0.39, 0.29) is 17.7 Å². The Kier molecular flexibility index (Phi) is 6.13. The summed E-state index contributed by atoms with van der Waals surface area (Å²) in [6.07, 6.45) is 0.0806. The number of sulfonamides is 1. The molecule has 148 valence electrons. The molecule has 0 aliphatic carbocycles. The lowest BCUT2D eigenvalue weighted by molar-refractivity contribution is -0.152. The molecule has 2 aliphatic heterocycles. The molecule has 0 radical (unpaired) electrons. The van der Waals surface area contributed by atoms with Crippen molar-refractivity contribution in [3.05, 3.63) is 35.9 Å². The largest absolute Gasteiger partial charge is 0.479 e. The van der Waals surface area contributed by atoms with E-state index in [1.807, 2.05) is 18.2 Å². The number of nitrogens with zero attached hydrogens (tertiary/aromatic N) is 1. The zero-order valence-electron chi connectivity index (χ0n) is 14.9. The number of carboxylic acids is 1. The number of hydrogen-bond acceptors (Lipinski definition) is 5. The Morgan fingerprint density at radius 3 is 2.30 bits per heavy atom. The van der Waals surface area contributed by atoms with Gasteiger partial charge in [0.2, 0.25) is 15.9 Å². The molecule has 0 unspecified atom stereocenters. The van der Waals surface area contributed by atoms with E-state index in [2.05, 4.69) is 5.32 Å². The van der Waals surface area contributed by atoms with Crippen molar-refractivity contribution < 1.29 is 27.9 Å². The van der Waals surface area contributed by atoms with Crippen LogP contribution >= 0.6 is 0 Å². The predicted octanol–water partition coefficient (Wildman–Crippen LogP) is 0.729. The number of ether oxygens (including phenoxy) is 1. The van der Waals surface area contributed by atoms with Gasteiger partial charge in [0.25, 0.3) is 0 Å². The molecule has 2 heterocycles. The summed E-state index contributed by atoms with van der Waals surface area (Å²) in [6, 6.07) is 8.91. The predicted molar refractivity (Wildman–Crippen MR) is 97.3 cm³/mol. The average molecular weight is 396 g/mol. The molecule has 2 aliphatic rings. The van der Waals surface area contributed by atoms with Crippen LogP contribution in [0.4, 0.5) is 0 Å². The molecule has 0 aromatic heterocycles. The molecule has 1 aromatic carbocycles. The molecule has 27 heavy (non-hydrogen) atoms. The summed E-state index contributed by atoms with van der Waals surface area (Å²) in [5.74, 6) is -1.40. The fourth-order valence-corrected chi connectivity index (χ4v) is 5.02. The lowest BCUT2D eigenvalue weighted by Gasteiger charge is -2.32. The molecular weight excluding hydrogens is 372 g/mol. The number of benzene rings is 1. The van der Waals surface area contributed by atoms with E-state index in [1.165, 1.54) is 4.31 Å². The van der Waals surface area contributed by atoms with Crippen LogP contribution in [0, 0.1) is 0 Å². The molecule has 2 atom stereocenters. The number of carbonyl (C=O) groups excluding carboxylic acids is 1. The highest BCUT2D eigenvalue weighted by Crippen LogP contribution is 2.22. The van der Waals surface area contributed by atoms with Crippen LogP contribution in [0.1, 0.15) is 31.2 Å². The molecule has 0 saturated carbocycles. The number of carbonyl (C=O) groups is 2. The summed E-state index contributed by atoms with van der Waals surface area (Å²) in [5.41, 5.74) is 0.749. The first-order valence-electron chi connectivity index (χ1n) is 9.05. The summed E-state index contributed by atoms with van der Waals surface area (Å²) in [5, 5.41) is 11.8. The molecule has 1 aromatic rings. The second-order valence-electron chi connectivity index (χ2n) is 6.95. The number of rotatable bonds is 6. The van der Waals surface area contributed by atoms with Crippen LogP contribution in [0.25, 0.3) is 0 Å². The van der Waals surface area contributed by atoms with Crippen LogP contribution < -0.4 is 5.32 Å². The minimum atomic E-state index is -3.39. The minimum absolute atomic E-state index is 0.0304. The van der Waals surface area contributed by atoms with Crippen molar-refractivity contribution in [3.63, 3.8) is 0 Å². The van der Waals surface area contributed by atoms with Crippen LogP contribution in [-0.4, -0.2) is 61.0 Å². The van der Waals surface area contributed by atoms with Crippen LogP contribution in [0.5, 0.6) is 0 Å². The van der Waals surface area contributed by atoms with Crippen LogP contribution in [-0.2, 0) is 30.1 Å². The minimum Gasteiger partial charge on any atom is -0.479 e. The summed E-state index contributed by atoms with van der Waals surface area (Å²) >= 11 is 0. The van der Waals surface area contributed by atoms with Gasteiger partial charge in [0.15, 0.2) is 6.10 Å². The topological polar surface area (TPSA) is 113 Å². The highest BCUT2D eigenvalue weighted by atomic mass is 32.2. The molecule has 9 heteroatoms. The van der Waals surface area contributed by atoms with Gasteiger partial charge in [-0.2, -0.15) is 0 Å². The Morgan fingerprint density at radius 2 is 1.70 bits per heavy atom. The monoisotopic (exact) mass is 396 g/mol. The van der Waals surface area contributed by atoms with Gasteiger partial charge in [-0.1, -0.05) is 30.3 Å². The lowest BCUT2D eigenvalue weighted by atomic mass is 10.1. The van der Waals surface area contributed by atoms with Gasteiger partial charge < -0.3 is 15.2 Å². The first-order valence-corrected chi connectivity index (χ1v) is 10.7. The molecule has 8 nitrogen and oxygen atoms in total. The molecule has 0 bridgehead atoms. The number of hydrogen-bond donors (Lipinski definition) is 2.